The van der Waals surface area contributed by atoms with Gasteiger partial charge in [0.25, 0.3) is 10.0 Å². The van der Waals surface area contributed by atoms with Crippen molar-refractivity contribution >= 4 is 33.0 Å². The third-order valence-corrected chi connectivity index (χ3v) is 5.90. The molecule has 28 heavy (non-hydrogen) atoms. The fraction of sp³-hybridized carbons (Fsp3) is 0.0588. The zero-order valence-corrected chi connectivity index (χ0v) is 15.8. The fourth-order valence-corrected chi connectivity index (χ4v) is 4.43. The first-order valence-corrected chi connectivity index (χ1v) is 9.92. The number of hydrogen-bond acceptors (Lipinski definition) is 6. The van der Waals surface area contributed by atoms with Crippen LogP contribution in [0.5, 0.6) is 5.75 Å². The Morgan fingerprint density at radius 2 is 1.89 bits per heavy atom. The van der Waals surface area contributed by atoms with Gasteiger partial charge in [0.1, 0.15) is 22.4 Å². The molecule has 0 aliphatic carbocycles. The van der Waals surface area contributed by atoms with Crippen molar-refractivity contribution in [2.75, 3.05) is 11.8 Å². The molecule has 0 aliphatic heterocycles. The van der Waals surface area contributed by atoms with Gasteiger partial charge in [-0.05, 0) is 30.3 Å². The lowest BCUT2D eigenvalue weighted by Gasteiger charge is -2.12. The lowest BCUT2D eigenvalue weighted by atomic mass is 10.2. The molecular formula is C17H12F2N2O5S2. The van der Waals surface area contributed by atoms with Crippen LogP contribution in [0.1, 0.15) is 10.4 Å². The summed E-state index contributed by atoms with van der Waals surface area (Å²) in [4.78, 5) is 15.0. The number of hydrogen-bond donors (Lipinski definition) is 2. The number of anilines is 1. The number of carboxylic acid groups (broad SMARTS) is 1. The lowest BCUT2D eigenvalue weighted by Crippen LogP contribution is -2.15. The molecule has 0 unspecified atom stereocenters. The average molecular weight is 426 g/mol. The van der Waals surface area contributed by atoms with E-state index in [2.05, 4.69) is 9.71 Å². The van der Waals surface area contributed by atoms with E-state index in [0.717, 1.165) is 17.4 Å². The number of aromatic carboxylic acids is 1. The highest BCUT2D eigenvalue weighted by atomic mass is 32.2. The molecule has 3 aromatic rings. The van der Waals surface area contributed by atoms with E-state index >= 15 is 0 Å². The second-order valence-electron chi connectivity index (χ2n) is 5.44. The molecule has 0 saturated carbocycles. The van der Waals surface area contributed by atoms with Crippen LogP contribution >= 0.6 is 11.3 Å². The van der Waals surface area contributed by atoms with Gasteiger partial charge < -0.3 is 9.84 Å². The molecule has 3 rings (SSSR count). The van der Waals surface area contributed by atoms with E-state index in [-0.39, 0.29) is 16.5 Å². The Morgan fingerprint density at radius 1 is 1.21 bits per heavy atom. The summed E-state index contributed by atoms with van der Waals surface area (Å²) in [6.45, 7) is 0. The first-order chi connectivity index (χ1) is 13.2. The molecular weight excluding hydrogens is 414 g/mol. The van der Waals surface area contributed by atoms with E-state index in [1.165, 1.54) is 36.8 Å². The molecule has 0 radical (unpaired) electrons. The number of halogens is 2. The topological polar surface area (TPSA) is 106 Å². The summed E-state index contributed by atoms with van der Waals surface area (Å²) < 4.78 is 59.2. The highest BCUT2D eigenvalue weighted by Crippen LogP contribution is 2.31. The van der Waals surface area contributed by atoms with Crippen LogP contribution in [0, 0.1) is 11.6 Å². The number of carboxylic acids is 1. The van der Waals surface area contributed by atoms with Crippen LogP contribution in [0.25, 0.3) is 10.6 Å². The molecule has 2 aromatic carbocycles. The van der Waals surface area contributed by atoms with Crippen LogP contribution in [0.2, 0.25) is 0 Å². The number of thiazole rings is 1. The Kier molecular flexibility index (Phi) is 5.29. The quantitative estimate of drug-likeness (QED) is 0.624. The highest BCUT2D eigenvalue weighted by molar-refractivity contribution is 7.92. The number of benzene rings is 2. The van der Waals surface area contributed by atoms with Crippen molar-refractivity contribution in [3.8, 4) is 16.3 Å². The van der Waals surface area contributed by atoms with E-state index in [1.807, 2.05) is 0 Å². The molecule has 2 N–H and O–H groups in total. The van der Waals surface area contributed by atoms with Gasteiger partial charge in [0.2, 0.25) is 0 Å². The number of rotatable bonds is 6. The summed E-state index contributed by atoms with van der Waals surface area (Å²) in [5.74, 6) is -3.25. The van der Waals surface area contributed by atoms with Crippen molar-refractivity contribution in [3.05, 3.63) is 59.0 Å². The maximum Gasteiger partial charge on any atom is 0.338 e. The molecule has 1 aromatic heterocycles. The predicted octanol–water partition coefficient (Wildman–Crippen LogP) is 3.60. The van der Waals surface area contributed by atoms with Crippen molar-refractivity contribution < 1.29 is 31.8 Å². The molecule has 7 nitrogen and oxygen atoms in total. The Morgan fingerprint density at radius 3 is 2.50 bits per heavy atom. The molecule has 0 spiro atoms. The molecule has 1 heterocycles. The van der Waals surface area contributed by atoms with E-state index in [1.54, 1.807) is 0 Å². The molecule has 0 saturated heterocycles. The minimum Gasteiger partial charge on any atom is -0.495 e. The van der Waals surface area contributed by atoms with Gasteiger partial charge in [-0.25, -0.2) is 18.6 Å². The summed E-state index contributed by atoms with van der Waals surface area (Å²) in [5, 5.41) is 10.2. The van der Waals surface area contributed by atoms with Gasteiger partial charge in [-0.2, -0.15) is 8.42 Å². The Labute approximate surface area is 162 Å². The minimum atomic E-state index is -4.21. The zero-order valence-electron chi connectivity index (χ0n) is 14.1. The van der Waals surface area contributed by atoms with Crippen molar-refractivity contribution in [1.82, 2.24) is 4.98 Å². The van der Waals surface area contributed by atoms with Crippen LogP contribution in [0.4, 0.5) is 14.5 Å². The second-order valence-corrected chi connectivity index (χ2v) is 7.93. The third kappa shape index (κ3) is 3.94. The molecule has 0 amide bonds. The predicted molar refractivity (Wildman–Crippen MR) is 98.2 cm³/mol. The van der Waals surface area contributed by atoms with Crippen molar-refractivity contribution in [3.63, 3.8) is 0 Å². The first kappa shape index (κ1) is 19.7. The highest BCUT2D eigenvalue weighted by Gasteiger charge is 2.23. The van der Waals surface area contributed by atoms with Gasteiger partial charge in [0.05, 0.1) is 18.4 Å². The molecule has 0 atom stereocenters. The van der Waals surface area contributed by atoms with Crippen LogP contribution in [0.3, 0.4) is 0 Å². The number of ether oxygens (including phenoxy) is 1. The first-order valence-electron chi connectivity index (χ1n) is 7.56. The third-order valence-electron chi connectivity index (χ3n) is 3.61. The summed E-state index contributed by atoms with van der Waals surface area (Å²) in [5.41, 5.74) is -0.407. The van der Waals surface area contributed by atoms with Crippen LogP contribution in [-0.2, 0) is 10.0 Å². The number of aromatic nitrogens is 1. The lowest BCUT2D eigenvalue weighted by molar-refractivity contribution is 0.0691. The molecule has 146 valence electrons. The van der Waals surface area contributed by atoms with E-state index in [0.29, 0.717) is 16.6 Å². The Hall–Kier alpha value is -3.05. The van der Waals surface area contributed by atoms with Gasteiger partial charge in [0, 0.05) is 17.0 Å². The van der Waals surface area contributed by atoms with Crippen molar-refractivity contribution in [2.45, 2.75) is 5.03 Å². The van der Waals surface area contributed by atoms with E-state index in [9.17, 15) is 22.0 Å². The van der Waals surface area contributed by atoms with Gasteiger partial charge >= 0.3 is 5.97 Å². The van der Waals surface area contributed by atoms with Gasteiger partial charge in [-0.1, -0.05) is 0 Å². The van der Waals surface area contributed by atoms with Gasteiger partial charge in [-0.15, -0.1) is 11.3 Å². The largest absolute Gasteiger partial charge is 0.495 e. The average Bonchev–Trinajstić information content (AvgIpc) is 3.13. The molecule has 0 aliphatic rings. The number of carbonyl (C=O) groups is 1. The van der Waals surface area contributed by atoms with Crippen LogP contribution in [0.15, 0.2) is 46.8 Å². The van der Waals surface area contributed by atoms with Crippen LogP contribution in [-0.4, -0.2) is 31.6 Å². The normalized spacial score (nSPS) is 11.2. The summed E-state index contributed by atoms with van der Waals surface area (Å²) in [6.07, 6.45) is 0. The number of nitrogens with one attached hydrogen (secondary N) is 1. The monoisotopic (exact) mass is 426 g/mol. The summed E-state index contributed by atoms with van der Waals surface area (Å²) >= 11 is 1.03. The maximum absolute atomic E-state index is 13.9. The number of sulfonamides is 1. The molecule has 0 fully saturated rings. The second kappa shape index (κ2) is 7.52. The molecule has 11 heteroatoms. The number of nitrogens with zero attached hydrogens (tertiary/aromatic N) is 1. The Balaban J connectivity index is 1.93. The van der Waals surface area contributed by atoms with Gasteiger partial charge in [0.15, 0.2) is 5.03 Å². The summed E-state index contributed by atoms with van der Waals surface area (Å²) in [7, 11) is -3.02. The van der Waals surface area contributed by atoms with Crippen molar-refractivity contribution in [1.29, 1.82) is 0 Å². The minimum absolute atomic E-state index is 0.170. The Bertz CT molecular complexity index is 1140. The molecule has 0 bridgehead atoms. The van der Waals surface area contributed by atoms with Crippen molar-refractivity contribution in [2.24, 2.45) is 0 Å². The van der Waals surface area contributed by atoms with Gasteiger partial charge in [-0.3, -0.25) is 4.72 Å². The standard InChI is InChI=1S/C17H12F2N2O5S2/c1-26-14-6-11(17(22)23)12(19)7-13(14)21-28(24,25)15-8-27-16(20-15)9-2-4-10(18)5-3-9/h2-8,21H,1H3,(H,22,23). The van der Waals surface area contributed by atoms with E-state index < -0.39 is 33.2 Å². The smallest absolute Gasteiger partial charge is 0.338 e. The maximum atomic E-state index is 13.9. The number of methoxy groups -OCH3 is 1. The fourth-order valence-electron chi connectivity index (χ4n) is 2.27. The van der Waals surface area contributed by atoms with Crippen LogP contribution < -0.4 is 9.46 Å². The summed E-state index contributed by atoms with van der Waals surface area (Å²) in [6, 6.07) is 6.96. The zero-order chi connectivity index (χ0) is 20.5. The SMILES string of the molecule is COc1cc(C(=O)O)c(F)cc1NS(=O)(=O)c1csc(-c2ccc(F)cc2)n1. The van der Waals surface area contributed by atoms with E-state index in [4.69, 9.17) is 9.84 Å².